The largest absolute Gasteiger partial charge is 0.456 e. The minimum atomic E-state index is -1.22. The molecule has 0 amide bonds. The fraction of sp³-hybridized carbons (Fsp3) is 0.789. The van der Waals surface area contributed by atoms with Gasteiger partial charge in [-0.3, -0.25) is 9.59 Å². The lowest BCUT2D eigenvalue weighted by Gasteiger charge is -2.62. The number of ketones is 1. The highest BCUT2D eigenvalue weighted by Crippen LogP contribution is 2.71. The van der Waals surface area contributed by atoms with Crippen LogP contribution in [0.3, 0.4) is 0 Å². The molecular formula is C19H24O7. The molecular weight excluding hydrogens is 340 g/mol. The topological polar surface area (TPSA) is 113 Å². The van der Waals surface area contributed by atoms with Crippen LogP contribution in [0, 0.1) is 28.6 Å². The molecule has 0 aromatic carbocycles. The Morgan fingerprint density at radius 3 is 2.58 bits per heavy atom. The monoisotopic (exact) mass is 364 g/mol. The average molecular weight is 364 g/mol. The quantitative estimate of drug-likeness (QED) is 0.395. The highest BCUT2D eigenvalue weighted by molar-refractivity contribution is 5.95. The van der Waals surface area contributed by atoms with Crippen LogP contribution in [0.5, 0.6) is 0 Å². The highest BCUT2D eigenvalue weighted by atomic mass is 16.6. The Morgan fingerprint density at radius 2 is 1.88 bits per heavy atom. The summed E-state index contributed by atoms with van der Waals surface area (Å²) in [4.78, 5) is 26.0. The van der Waals surface area contributed by atoms with Crippen molar-refractivity contribution >= 4 is 11.8 Å². The molecule has 3 N–H and O–H groups in total. The first kappa shape index (κ1) is 16.9. The molecule has 4 bridgehead atoms. The molecule has 0 aromatic heterocycles. The average Bonchev–Trinajstić information content (AvgIpc) is 2.94. The van der Waals surface area contributed by atoms with E-state index in [1.165, 1.54) is 0 Å². The first-order chi connectivity index (χ1) is 12.1. The second-order valence-electron chi connectivity index (χ2n) is 9.16. The van der Waals surface area contributed by atoms with E-state index in [-0.39, 0.29) is 24.7 Å². The van der Waals surface area contributed by atoms with E-state index in [9.17, 15) is 24.9 Å². The number of aliphatic hydroxyl groups is 3. The predicted molar refractivity (Wildman–Crippen MR) is 86.6 cm³/mol. The van der Waals surface area contributed by atoms with Crippen molar-refractivity contribution in [3.05, 3.63) is 11.6 Å². The van der Waals surface area contributed by atoms with Crippen molar-refractivity contribution in [3.8, 4) is 0 Å². The van der Waals surface area contributed by atoms with Crippen molar-refractivity contribution in [2.45, 2.75) is 57.2 Å². The number of carbonyl (C=O) groups is 2. The molecule has 142 valence electrons. The maximum Gasteiger partial charge on any atom is 0.313 e. The van der Waals surface area contributed by atoms with Crippen molar-refractivity contribution in [1.29, 1.82) is 0 Å². The van der Waals surface area contributed by atoms with E-state index in [0.29, 0.717) is 0 Å². The van der Waals surface area contributed by atoms with Crippen LogP contribution in [0.2, 0.25) is 0 Å². The summed E-state index contributed by atoms with van der Waals surface area (Å²) in [7, 11) is 0. The Bertz CT molecular complexity index is 761. The number of ether oxygens (including phenoxy) is 2. The summed E-state index contributed by atoms with van der Waals surface area (Å²) in [5.41, 5.74) is -2.39. The van der Waals surface area contributed by atoms with Crippen LogP contribution in [0.15, 0.2) is 11.6 Å². The van der Waals surface area contributed by atoms with Crippen molar-refractivity contribution in [2.75, 3.05) is 6.61 Å². The van der Waals surface area contributed by atoms with Crippen LogP contribution in [-0.4, -0.2) is 63.7 Å². The standard InChI is InChI=1S/C19H24O7/c1-7-4-9(20)14(23)17(2)8(7)5-10(21)19-6-25-18(3)13(19)16(24)26-15(18)11(22)12(17)19/h4,8-9,11-15,20,22-23H,5-6H2,1-3H3/t8-,9-,11+,12+,13-,14+,15-,17-,18-,19+/m0/s1. The zero-order chi connectivity index (χ0) is 18.8. The van der Waals surface area contributed by atoms with Gasteiger partial charge in [0.1, 0.15) is 17.3 Å². The Morgan fingerprint density at radius 1 is 1.19 bits per heavy atom. The van der Waals surface area contributed by atoms with Crippen LogP contribution >= 0.6 is 0 Å². The molecule has 2 saturated carbocycles. The number of carbonyl (C=O) groups excluding carboxylic acids is 2. The smallest absolute Gasteiger partial charge is 0.313 e. The Balaban J connectivity index is 1.77. The van der Waals surface area contributed by atoms with E-state index in [1.54, 1.807) is 13.0 Å². The maximum atomic E-state index is 13.4. The van der Waals surface area contributed by atoms with Gasteiger partial charge in [-0.05, 0) is 19.8 Å². The van der Waals surface area contributed by atoms with Gasteiger partial charge in [-0.25, -0.2) is 0 Å². The zero-order valence-corrected chi connectivity index (χ0v) is 15.0. The fourth-order valence-corrected chi connectivity index (χ4v) is 7.15. The van der Waals surface area contributed by atoms with Crippen LogP contribution < -0.4 is 0 Å². The third kappa shape index (κ3) is 1.46. The first-order valence-electron chi connectivity index (χ1n) is 9.20. The van der Waals surface area contributed by atoms with Gasteiger partial charge in [-0.1, -0.05) is 18.6 Å². The molecule has 5 rings (SSSR count). The molecule has 10 atom stereocenters. The van der Waals surface area contributed by atoms with Crippen molar-refractivity contribution in [2.24, 2.45) is 28.6 Å². The molecule has 5 aliphatic rings. The number of hydrogen-bond acceptors (Lipinski definition) is 7. The zero-order valence-electron chi connectivity index (χ0n) is 15.0. The molecule has 2 saturated heterocycles. The van der Waals surface area contributed by atoms with Gasteiger partial charge in [0.15, 0.2) is 6.10 Å². The highest BCUT2D eigenvalue weighted by Gasteiger charge is 2.83. The summed E-state index contributed by atoms with van der Waals surface area (Å²) in [6, 6.07) is 0. The van der Waals surface area contributed by atoms with Gasteiger partial charge in [0.25, 0.3) is 0 Å². The number of fused-ring (bicyclic) bond motifs is 2. The van der Waals surface area contributed by atoms with E-state index in [4.69, 9.17) is 9.47 Å². The lowest BCUT2D eigenvalue weighted by atomic mass is 9.40. The van der Waals surface area contributed by atoms with Gasteiger partial charge >= 0.3 is 5.97 Å². The molecule has 0 aromatic rings. The lowest BCUT2D eigenvalue weighted by Crippen LogP contribution is -2.72. The summed E-state index contributed by atoms with van der Waals surface area (Å²) < 4.78 is 11.4. The molecule has 1 spiro atoms. The van der Waals surface area contributed by atoms with E-state index >= 15 is 0 Å². The van der Waals surface area contributed by atoms with Crippen LogP contribution in [0.25, 0.3) is 0 Å². The molecule has 7 heteroatoms. The normalized spacial score (nSPS) is 60.2. The number of rotatable bonds is 0. The van der Waals surface area contributed by atoms with Gasteiger partial charge in [0.2, 0.25) is 0 Å². The number of esters is 1. The Hall–Kier alpha value is -1.28. The Kier molecular flexibility index (Phi) is 2.97. The number of allylic oxidation sites excluding steroid dienone is 1. The molecule has 0 radical (unpaired) electrons. The van der Waals surface area contributed by atoms with Crippen LogP contribution in [-0.2, 0) is 19.1 Å². The molecule has 4 fully saturated rings. The summed E-state index contributed by atoms with van der Waals surface area (Å²) >= 11 is 0. The predicted octanol–water partition coefficient (Wildman–Crippen LogP) is -0.429. The SMILES string of the molecule is CC1=C[C@H](O)[C@@H](O)[C@@]2(C)[C@H]1CC(=O)[C@@]13CO[C@]4(C)[C@@H](OC(=O)[C@@H]41)[C@H](O)[C@@H]32. The Labute approximate surface area is 151 Å². The molecule has 7 nitrogen and oxygen atoms in total. The molecule has 0 unspecified atom stereocenters. The van der Waals surface area contributed by atoms with Gasteiger partial charge in [-0.2, -0.15) is 0 Å². The van der Waals surface area contributed by atoms with Crippen LogP contribution in [0.1, 0.15) is 27.2 Å². The van der Waals surface area contributed by atoms with E-state index in [2.05, 4.69) is 0 Å². The molecule has 26 heavy (non-hydrogen) atoms. The van der Waals surface area contributed by atoms with Crippen LogP contribution in [0.4, 0.5) is 0 Å². The second-order valence-corrected chi connectivity index (χ2v) is 9.16. The molecule has 2 aliphatic heterocycles. The van der Waals surface area contributed by atoms with E-state index in [1.807, 2.05) is 13.8 Å². The molecule has 3 aliphatic carbocycles. The summed E-state index contributed by atoms with van der Waals surface area (Å²) in [6.07, 6.45) is -2.52. The van der Waals surface area contributed by atoms with Gasteiger partial charge < -0.3 is 24.8 Å². The summed E-state index contributed by atoms with van der Waals surface area (Å²) in [5.74, 6) is -2.45. The fourth-order valence-electron chi connectivity index (χ4n) is 7.15. The minimum Gasteiger partial charge on any atom is -0.456 e. The number of Topliss-reactive ketones (excluding diaryl/α,β-unsaturated/α-hetero) is 1. The first-order valence-corrected chi connectivity index (χ1v) is 9.20. The second kappa shape index (κ2) is 4.58. The van der Waals surface area contributed by atoms with Gasteiger partial charge in [0, 0.05) is 17.8 Å². The third-order valence-corrected chi connectivity index (χ3v) is 8.23. The summed E-state index contributed by atoms with van der Waals surface area (Å²) in [6.45, 7) is 5.41. The van der Waals surface area contributed by atoms with Crippen molar-refractivity contribution < 1.29 is 34.4 Å². The molecule has 2 heterocycles. The summed E-state index contributed by atoms with van der Waals surface area (Å²) in [5, 5.41) is 32.6. The maximum absolute atomic E-state index is 13.4. The van der Waals surface area contributed by atoms with E-state index in [0.717, 1.165) is 5.57 Å². The lowest BCUT2D eigenvalue weighted by molar-refractivity contribution is -0.214. The third-order valence-electron chi connectivity index (χ3n) is 8.23. The number of hydrogen-bond donors (Lipinski definition) is 3. The minimum absolute atomic E-state index is 0.0359. The number of aliphatic hydroxyl groups excluding tert-OH is 3. The van der Waals surface area contributed by atoms with Crippen molar-refractivity contribution in [1.82, 2.24) is 0 Å². The van der Waals surface area contributed by atoms with E-state index < -0.39 is 58.7 Å². The van der Waals surface area contributed by atoms with Crippen molar-refractivity contribution in [3.63, 3.8) is 0 Å². The van der Waals surface area contributed by atoms with Gasteiger partial charge in [0.05, 0.1) is 30.3 Å². The van der Waals surface area contributed by atoms with Gasteiger partial charge in [-0.15, -0.1) is 0 Å².